The van der Waals surface area contributed by atoms with Crippen molar-refractivity contribution < 1.29 is 22.7 Å². The van der Waals surface area contributed by atoms with Crippen LogP contribution in [-0.2, 0) is 16.0 Å². The smallest absolute Gasteiger partial charge is 0.306 e. The second kappa shape index (κ2) is 7.40. The van der Waals surface area contributed by atoms with Gasteiger partial charge in [0.1, 0.15) is 5.82 Å². The van der Waals surface area contributed by atoms with Gasteiger partial charge in [0.2, 0.25) is 0 Å². The summed E-state index contributed by atoms with van der Waals surface area (Å²) in [6.07, 6.45) is -0.498. The van der Waals surface area contributed by atoms with Crippen LogP contribution >= 0.6 is 0 Å². The SMILES string of the molecule is CCOC(=O)C[C@@H](Cc1cc(F)c(F)cc1F)N=[N+]=[N-]. The third-order valence-electron chi connectivity index (χ3n) is 2.47. The lowest BCUT2D eigenvalue weighted by Crippen LogP contribution is -2.17. The first-order chi connectivity index (χ1) is 9.47. The molecule has 0 spiro atoms. The maximum atomic E-state index is 13.5. The van der Waals surface area contributed by atoms with Crippen molar-refractivity contribution in [3.05, 3.63) is 45.6 Å². The predicted octanol–water partition coefficient (Wildman–Crippen LogP) is 3.28. The minimum Gasteiger partial charge on any atom is -0.466 e. The van der Waals surface area contributed by atoms with Crippen molar-refractivity contribution in [3.63, 3.8) is 0 Å². The maximum absolute atomic E-state index is 13.5. The van der Waals surface area contributed by atoms with Crippen LogP contribution in [0.15, 0.2) is 17.2 Å². The summed E-state index contributed by atoms with van der Waals surface area (Å²) >= 11 is 0. The van der Waals surface area contributed by atoms with Crippen LogP contribution in [0.4, 0.5) is 13.2 Å². The summed E-state index contributed by atoms with van der Waals surface area (Å²) < 4.78 is 44.0. The lowest BCUT2D eigenvalue weighted by atomic mass is 10.0. The summed E-state index contributed by atoms with van der Waals surface area (Å²) in [6.45, 7) is 1.76. The fourth-order valence-electron chi connectivity index (χ4n) is 1.61. The van der Waals surface area contributed by atoms with Crippen molar-refractivity contribution in [1.82, 2.24) is 0 Å². The number of halogens is 3. The maximum Gasteiger partial charge on any atom is 0.306 e. The zero-order valence-corrected chi connectivity index (χ0v) is 10.6. The Morgan fingerprint density at radius 3 is 2.60 bits per heavy atom. The van der Waals surface area contributed by atoms with Crippen molar-refractivity contribution in [2.24, 2.45) is 5.11 Å². The third-order valence-corrected chi connectivity index (χ3v) is 2.47. The molecule has 1 aromatic carbocycles. The van der Waals surface area contributed by atoms with Crippen LogP contribution in [0.25, 0.3) is 10.4 Å². The molecule has 0 aliphatic rings. The van der Waals surface area contributed by atoms with Crippen molar-refractivity contribution in [1.29, 1.82) is 0 Å². The highest BCUT2D eigenvalue weighted by atomic mass is 19.2. The van der Waals surface area contributed by atoms with E-state index in [1.807, 2.05) is 0 Å². The molecule has 108 valence electrons. The Kier molecular flexibility index (Phi) is 5.86. The highest BCUT2D eigenvalue weighted by Gasteiger charge is 2.18. The lowest BCUT2D eigenvalue weighted by Gasteiger charge is -2.11. The Morgan fingerprint density at radius 1 is 1.35 bits per heavy atom. The second-order valence-electron chi connectivity index (χ2n) is 3.93. The molecule has 0 aliphatic carbocycles. The number of hydrogen-bond acceptors (Lipinski definition) is 3. The Bertz CT molecular complexity index is 545. The average Bonchev–Trinajstić information content (AvgIpc) is 2.36. The molecular formula is C12H12F3N3O2. The van der Waals surface area contributed by atoms with Gasteiger partial charge in [0.05, 0.1) is 19.1 Å². The van der Waals surface area contributed by atoms with Gasteiger partial charge in [-0.1, -0.05) is 5.11 Å². The van der Waals surface area contributed by atoms with Gasteiger partial charge in [-0.3, -0.25) is 4.79 Å². The first kappa shape index (κ1) is 15.8. The van der Waals surface area contributed by atoms with Gasteiger partial charge in [0.15, 0.2) is 11.6 Å². The molecule has 0 aromatic heterocycles. The number of azide groups is 1. The van der Waals surface area contributed by atoms with E-state index in [9.17, 15) is 18.0 Å². The first-order valence-corrected chi connectivity index (χ1v) is 5.81. The summed E-state index contributed by atoms with van der Waals surface area (Å²) in [5.74, 6) is -4.10. The van der Waals surface area contributed by atoms with Gasteiger partial charge in [-0.2, -0.15) is 0 Å². The number of rotatable bonds is 6. The molecule has 8 heteroatoms. The molecule has 0 fully saturated rings. The van der Waals surface area contributed by atoms with Gasteiger partial charge < -0.3 is 4.74 Å². The largest absolute Gasteiger partial charge is 0.466 e. The van der Waals surface area contributed by atoms with Crippen molar-refractivity contribution >= 4 is 5.97 Å². The number of benzene rings is 1. The summed E-state index contributed by atoms with van der Waals surface area (Å²) in [5, 5.41) is 3.33. The lowest BCUT2D eigenvalue weighted by molar-refractivity contribution is -0.143. The number of esters is 1. The highest BCUT2D eigenvalue weighted by Crippen LogP contribution is 2.18. The van der Waals surface area contributed by atoms with Crippen LogP contribution in [0.1, 0.15) is 18.9 Å². The Balaban J connectivity index is 2.88. The van der Waals surface area contributed by atoms with Crippen molar-refractivity contribution in [3.8, 4) is 0 Å². The third kappa shape index (κ3) is 4.47. The minimum atomic E-state index is -1.31. The molecule has 0 radical (unpaired) electrons. The van der Waals surface area contributed by atoms with Gasteiger partial charge in [0.25, 0.3) is 0 Å². The van der Waals surface area contributed by atoms with E-state index in [1.165, 1.54) is 0 Å². The Morgan fingerprint density at radius 2 is 2.00 bits per heavy atom. The topological polar surface area (TPSA) is 75.1 Å². The molecule has 0 aliphatic heterocycles. The number of nitrogens with zero attached hydrogens (tertiary/aromatic N) is 3. The molecule has 0 saturated carbocycles. The molecule has 0 unspecified atom stereocenters. The molecule has 20 heavy (non-hydrogen) atoms. The van der Waals surface area contributed by atoms with E-state index in [0.717, 1.165) is 0 Å². The van der Waals surface area contributed by atoms with E-state index >= 15 is 0 Å². The van der Waals surface area contributed by atoms with Crippen LogP contribution in [0.2, 0.25) is 0 Å². The fraction of sp³-hybridized carbons (Fsp3) is 0.417. The second-order valence-corrected chi connectivity index (χ2v) is 3.93. The molecule has 5 nitrogen and oxygen atoms in total. The van der Waals surface area contributed by atoms with Gasteiger partial charge >= 0.3 is 5.97 Å². The summed E-state index contributed by atoms with van der Waals surface area (Å²) in [4.78, 5) is 13.8. The standard InChI is InChI=1S/C12H12F3N3O2/c1-2-20-12(19)5-8(17-18-16)3-7-4-10(14)11(15)6-9(7)13/h4,6,8H,2-3,5H2,1H3/t8-/m1/s1. The van der Waals surface area contributed by atoms with Crippen LogP contribution in [0.3, 0.4) is 0 Å². The highest BCUT2D eigenvalue weighted by molar-refractivity contribution is 5.70. The van der Waals surface area contributed by atoms with Gasteiger partial charge in [-0.25, -0.2) is 13.2 Å². The predicted molar refractivity (Wildman–Crippen MR) is 64.2 cm³/mol. The molecule has 1 aromatic rings. The van der Waals surface area contributed by atoms with E-state index < -0.39 is 29.5 Å². The number of hydrogen-bond donors (Lipinski definition) is 0. The fourth-order valence-corrected chi connectivity index (χ4v) is 1.61. The first-order valence-electron chi connectivity index (χ1n) is 5.81. The normalized spacial score (nSPS) is 11.6. The monoisotopic (exact) mass is 287 g/mol. The Labute approximate surface area is 113 Å². The molecule has 0 N–H and O–H groups in total. The van der Waals surface area contributed by atoms with E-state index in [2.05, 4.69) is 14.8 Å². The van der Waals surface area contributed by atoms with Gasteiger partial charge in [0, 0.05) is 11.0 Å². The van der Waals surface area contributed by atoms with Crippen LogP contribution in [0, 0.1) is 17.5 Å². The molecule has 0 saturated heterocycles. The zero-order chi connectivity index (χ0) is 15.1. The van der Waals surface area contributed by atoms with Crippen LogP contribution < -0.4 is 0 Å². The molecular weight excluding hydrogens is 275 g/mol. The minimum absolute atomic E-state index is 0.154. The average molecular weight is 287 g/mol. The molecule has 0 amide bonds. The van der Waals surface area contributed by atoms with Gasteiger partial charge in [-0.15, -0.1) is 0 Å². The summed E-state index contributed by atoms with van der Waals surface area (Å²) in [6, 6.07) is 0.149. The molecule has 1 rings (SSSR count). The molecule has 0 heterocycles. The summed E-state index contributed by atoms with van der Waals surface area (Å²) in [7, 11) is 0. The zero-order valence-electron chi connectivity index (χ0n) is 10.6. The Hall–Kier alpha value is -2.21. The van der Waals surface area contributed by atoms with Crippen molar-refractivity contribution in [2.75, 3.05) is 6.61 Å². The van der Waals surface area contributed by atoms with E-state index in [-0.39, 0.29) is 25.0 Å². The van der Waals surface area contributed by atoms with E-state index in [1.54, 1.807) is 6.92 Å². The number of carbonyl (C=O) groups is 1. The van der Waals surface area contributed by atoms with E-state index in [0.29, 0.717) is 12.1 Å². The van der Waals surface area contributed by atoms with Gasteiger partial charge in [-0.05, 0) is 30.5 Å². The quantitative estimate of drug-likeness (QED) is 0.265. The number of ether oxygens (including phenoxy) is 1. The van der Waals surface area contributed by atoms with E-state index in [4.69, 9.17) is 5.53 Å². The van der Waals surface area contributed by atoms with Crippen molar-refractivity contribution in [2.45, 2.75) is 25.8 Å². The van der Waals surface area contributed by atoms with Crippen LogP contribution in [-0.4, -0.2) is 18.6 Å². The number of carbonyl (C=O) groups excluding carboxylic acids is 1. The van der Waals surface area contributed by atoms with Crippen LogP contribution in [0.5, 0.6) is 0 Å². The molecule has 0 bridgehead atoms. The summed E-state index contributed by atoms with van der Waals surface area (Å²) in [5.41, 5.74) is 8.23. The molecule has 1 atom stereocenters.